The third-order valence-electron chi connectivity index (χ3n) is 4.18. The molecule has 0 aliphatic carbocycles. The van der Waals surface area contributed by atoms with Crippen molar-refractivity contribution < 1.29 is 17.9 Å². The number of nitrogens with one attached hydrogen (secondary N) is 1. The third-order valence-corrected chi connectivity index (χ3v) is 6.06. The Morgan fingerprint density at radius 3 is 2.33 bits per heavy atom. The lowest BCUT2D eigenvalue weighted by Crippen LogP contribution is -2.40. The number of sulfonamides is 1. The molecule has 3 rings (SSSR count). The van der Waals surface area contributed by atoms with Crippen LogP contribution < -0.4 is 5.32 Å². The number of nitrogens with zero attached hydrogens (tertiary/aromatic N) is 3. The predicted molar refractivity (Wildman–Crippen MR) is 89.6 cm³/mol. The Balaban J connectivity index is 1.52. The fourth-order valence-corrected chi connectivity index (χ4v) is 4.09. The molecular formula is C15H24N4O4S. The maximum absolute atomic E-state index is 12.5. The van der Waals surface area contributed by atoms with E-state index in [4.69, 9.17) is 9.47 Å². The van der Waals surface area contributed by atoms with E-state index in [9.17, 15) is 8.42 Å². The maximum Gasteiger partial charge on any atom is 0.244 e. The molecule has 2 aliphatic rings. The molecule has 9 heteroatoms. The van der Waals surface area contributed by atoms with Crippen molar-refractivity contribution in [1.29, 1.82) is 0 Å². The normalized spacial score (nSPS) is 20.8. The van der Waals surface area contributed by atoms with Gasteiger partial charge in [-0.2, -0.15) is 4.31 Å². The van der Waals surface area contributed by atoms with Gasteiger partial charge in [-0.15, -0.1) is 0 Å². The van der Waals surface area contributed by atoms with E-state index in [0.29, 0.717) is 32.1 Å². The Morgan fingerprint density at radius 1 is 1.04 bits per heavy atom. The lowest BCUT2D eigenvalue weighted by molar-refractivity contribution is 0.0398. The summed E-state index contributed by atoms with van der Waals surface area (Å²) in [5.74, 6) is 0.684. The van der Waals surface area contributed by atoms with Crippen LogP contribution in [0.15, 0.2) is 23.2 Å². The van der Waals surface area contributed by atoms with Crippen molar-refractivity contribution >= 4 is 15.8 Å². The molecule has 2 aliphatic heterocycles. The molecule has 0 radical (unpaired) electrons. The molecule has 0 aromatic carbocycles. The molecule has 24 heavy (non-hydrogen) atoms. The molecule has 0 unspecified atom stereocenters. The molecule has 1 aromatic rings. The Morgan fingerprint density at radius 2 is 1.71 bits per heavy atom. The van der Waals surface area contributed by atoms with Gasteiger partial charge in [0.1, 0.15) is 10.7 Å². The summed E-state index contributed by atoms with van der Waals surface area (Å²) in [7, 11) is -3.48. The first-order valence-electron chi connectivity index (χ1n) is 8.24. The van der Waals surface area contributed by atoms with Gasteiger partial charge in [0.05, 0.1) is 26.4 Å². The molecule has 0 saturated carbocycles. The minimum absolute atomic E-state index is 0.225. The Bertz CT molecular complexity index is 611. The van der Waals surface area contributed by atoms with Gasteiger partial charge in [-0.1, -0.05) is 0 Å². The fraction of sp³-hybridized carbons (Fsp3) is 0.667. The van der Waals surface area contributed by atoms with E-state index in [2.05, 4.69) is 15.2 Å². The van der Waals surface area contributed by atoms with Crippen LogP contribution in [-0.2, 0) is 19.5 Å². The third kappa shape index (κ3) is 4.42. The number of rotatable bonds is 6. The summed E-state index contributed by atoms with van der Waals surface area (Å²) in [4.78, 5) is 6.78. The number of ether oxygens (including phenoxy) is 2. The van der Waals surface area contributed by atoms with Gasteiger partial charge < -0.3 is 14.8 Å². The van der Waals surface area contributed by atoms with Crippen LogP contribution in [0.3, 0.4) is 0 Å². The molecule has 0 amide bonds. The van der Waals surface area contributed by atoms with Crippen LogP contribution in [-0.4, -0.2) is 88.3 Å². The average Bonchev–Trinajstić information content (AvgIpc) is 2.64. The highest BCUT2D eigenvalue weighted by molar-refractivity contribution is 7.89. The highest BCUT2D eigenvalue weighted by Gasteiger charge is 2.26. The molecule has 1 aromatic heterocycles. The highest BCUT2D eigenvalue weighted by atomic mass is 32.2. The molecular weight excluding hydrogens is 332 g/mol. The zero-order valence-electron chi connectivity index (χ0n) is 13.7. The second kappa shape index (κ2) is 8.21. The van der Waals surface area contributed by atoms with Crippen molar-refractivity contribution in [2.24, 2.45) is 0 Å². The van der Waals surface area contributed by atoms with Gasteiger partial charge >= 0.3 is 0 Å². The van der Waals surface area contributed by atoms with E-state index in [0.717, 1.165) is 39.4 Å². The van der Waals surface area contributed by atoms with Crippen LogP contribution in [0.5, 0.6) is 0 Å². The highest BCUT2D eigenvalue weighted by Crippen LogP contribution is 2.17. The molecule has 8 nitrogen and oxygen atoms in total. The topological polar surface area (TPSA) is 84.0 Å². The Kier molecular flexibility index (Phi) is 6.01. The quantitative estimate of drug-likeness (QED) is 0.759. The van der Waals surface area contributed by atoms with Gasteiger partial charge in [0.2, 0.25) is 10.0 Å². The van der Waals surface area contributed by atoms with E-state index in [1.165, 1.54) is 10.5 Å². The monoisotopic (exact) mass is 356 g/mol. The van der Waals surface area contributed by atoms with Crippen LogP contribution in [0.1, 0.15) is 0 Å². The van der Waals surface area contributed by atoms with E-state index < -0.39 is 10.0 Å². The number of hydrogen-bond acceptors (Lipinski definition) is 7. The number of hydrogen-bond donors (Lipinski definition) is 1. The first-order valence-corrected chi connectivity index (χ1v) is 9.68. The standard InChI is InChI=1S/C15H24N4O4S/c20-24(21,19-7-11-23-12-8-19)14-1-2-15(17-13-14)16-3-4-18-5-9-22-10-6-18/h1-2,13H,3-12H2,(H,16,17). The summed E-state index contributed by atoms with van der Waals surface area (Å²) in [6.45, 7) is 6.81. The van der Waals surface area contributed by atoms with Crippen LogP contribution >= 0.6 is 0 Å². The van der Waals surface area contributed by atoms with Crippen LogP contribution in [0, 0.1) is 0 Å². The van der Waals surface area contributed by atoms with Crippen LogP contribution in [0.25, 0.3) is 0 Å². The van der Waals surface area contributed by atoms with Crippen LogP contribution in [0.2, 0.25) is 0 Å². The summed E-state index contributed by atoms with van der Waals surface area (Å²) in [6.07, 6.45) is 1.42. The minimum atomic E-state index is -3.48. The fourth-order valence-electron chi connectivity index (χ4n) is 2.74. The molecule has 3 heterocycles. The van der Waals surface area contributed by atoms with Gasteiger partial charge in [0, 0.05) is 45.5 Å². The number of aromatic nitrogens is 1. The summed E-state index contributed by atoms with van der Waals surface area (Å²) in [6, 6.07) is 3.32. The van der Waals surface area contributed by atoms with Crippen molar-refractivity contribution in [1.82, 2.24) is 14.2 Å². The molecule has 0 spiro atoms. The summed E-state index contributed by atoms with van der Waals surface area (Å²) in [5.41, 5.74) is 0. The molecule has 0 bridgehead atoms. The summed E-state index contributed by atoms with van der Waals surface area (Å²) >= 11 is 0. The molecule has 1 N–H and O–H groups in total. The van der Waals surface area contributed by atoms with Crippen molar-refractivity contribution in [3.05, 3.63) is 18.3 Å². The Hall–Kier alpha value is -1.26. The van der Waals surface area contributed by atoms with Gasteiger partial charge in [-0.05, 0) is 12.1 Å². The van der Waals surface area contributed by atoms with Gasteiger partial charge in [-0.25, -0.2) is 13.4 Å². The van der Waals surface area contributed by atoms with Crippen molar-refractivity contribution in [2.75, 3.05) is 71.0 Å². The van der Waals surface area contributed by atoms with Gasteiger partial charge in [-0.3, -0.25) is 4.90 Å². The zero-order chi connectivity index (χ0) is 16.8. The number of morpholine rings is 2. The lowest BCUT2D eigenvalue weighted by Gasteiger charge is -2.26. The average molecular weight is 356 g/mol. The van der Waals surface area contributed by atoms with E-state index in [1.54, 1.807) is 12.1 Å². The van der Waals surface area contributed by atoms with Crippen LogP contribution in [0.4, 0.5) is 5.82 Å². The largest absolute Gasteiger partial charge is 0.379 e. The first kappa shape index (κ1) is 17.6. The van der Waals surface area contributed by atoms with E-state index in [1.807, 2.05) is 0 Å². The SMILES string of the molecule is O=S(=O)(c1ccc(NCCN2CCOCC2)nc1)N1CCOCC1. The Labute approximate surface area is 142 Å². The molecule has 2 fully saturated rings. The summed E-state index contributed by atoms with van der Waals surface area (Å²) < 4.78 is 37.0. The van der Waals surface area contributed by atoms with Crippen molar-refractivity contribution in [2.45, 2.75) is 4.90 Å². The lowest BCUT2D eigenvalue weighted by atomic mass is 10.4. The van der Waals surface area contributed by atoms with Crippen molar-refractivity contribution in [3.63, 3.8) is 0 Å². The maximum atomic E-state index is 12.5. The van der Waals surface area contributed by atoms with E-state index >= 15 is 0 Å². The summed E-state index contributed by atoms with van der Waals surface area (Å²) in [5, 5.41) is 3.23. The second-order valence-electron chi connectivity index (χ2n) is 5.78. The van der Waals surface area contributed by atoms with Gasteiger partial charge in [0.25, 0.3) is 0 Å². The second-order valence-corrected chi connectivity index (χ2v) is 7.71. The van der Waals surface area contributed by atoms with Gasteiger partial charge in [0.15, 0.2) is 0 Å². The smallest absolute Gasteiger partial charge is 0.244 e. The zero-order valence-corrected chi connectivity index (χ0v) is 14.5. The number of pyridine rings is 1. The minimum Gasteiger partial charge on any atom is -0.379 e. The molecule has 0 atom stereocenters. The molecule has 134 valence electrons. The first-order chi connectivity index (χ1) is 11.7. The van der Waals surface area contributed by atoms with E-state index in [-0.39, 0.29) is 4.90 Å². The molecule has 2 saturated heterocycles. The predicted octanol–water partition coefficient (Wildman–Crippen LogP) is -0.153. The number of anilines is 1. The van der Waals surface area contributed by atoms with Crippen molar-refractivity contribution in [3.8, 4) is 0 Å².